The summed E-state index contributed by atoms with van der Waals surface area (Å²) >= 11 is 0. The summed E-state index contributed by atoms with van der Waals surface area (Å²) in [5.74, 6) is 2.12. The number of nitrogens with one attached hydrogen (secondary N) is 1. The minimum Gasteiger partial charge on any atom is -0.481 e. The molecule has 1 aliphatic carbocycles. The van der Waals surface area contributed by atoms with E-state index in [-0.39, 0.29) is 5.91 Å². The highest BCUT2D eigenvalue weighted by molar-refractivity contribution is 5.85. The van der Waals surface area contributed by atoms with Crippen molar-refractivity contribution < 1.29 is 9.53 Å². The molecule has 29 heavy (non-hydrogen) atoms. The van der Waals surface area contributed by atoms with Gasteiger partial charge in [-0.15, -0.1) is 0 Å². The summed E-state index contributed by atoms with van der Waals surface area (Å²) in [5, 5.41) is 3.47. The van der Waals surface area contributed by atoms with Crippen LogP contribution < -0.4 is 10.1 Å². The number of pyridine rings is 1. The molecular formula is C20H23N7O2. The lowest BCUT2D eigenvalue weighted by molar-refractivity contribution is -0.127. The largest absolute Gasteiger partial charge is 0.481 e. The van der Waals surface area contributed by atoms with Gasteiger partial charge in [-0.1, -0.05) is 0 Å². The molecule has 4 heterocycles. The smallest absolute Gasteiger partial charge is 0.222 e. The van der Waals surface area contributed by atoms with Crippen LogP contribution in [-0.4, -0.2) is 61.6 Å². The molecule has 1 amide bonds. The van der Waals surface area contributed by atoms with E-state index in [1.807, 2.05) is 15.5 Å². The second kappa shape index (κ2) is 7.31. The van der Waals surface area contributed by atoms with Crippen molar-refractivity contribution in [2.45, 2.75) is 38.3 Å². The lowest BCUT2D eigenvalue weighted by atomic mass is 10.2. The molecule has 0 unspecified atom stereocenters. The fraction of sp³-hybridized carbons (Fsp3) is 0.450. The molecule has 0 atom stereocenters. The summed E-state index contributed by atoms with van der Waals surface area (Å²) in [6, 6.07) is 4.15. The zero-order valence-corrected chi connectivity index (χ0v) is 16.3. The summed E-state index contributed by atoms with van der Waals surface area (Å²) in [5.41, 5.74) is 2.34. The van der Waals surface area contributed by atoms with Gasteiger partial charge in [0.2, 0.25) is 11.8 Å². The van der Waals surface area contributed by atoms with Crippen LogP contribution in [0.15, 0.2) is 24.7 Å². The molecule has 3 aromatic rings. The van der Waals surface area contributed by atoms with Crippen LogP contribution in [0.3, 0.4) is 0 Å². The van der Waals surface area contributed by atoms with Crippen molar-refractivity contribution in [1.29, 1.82) is 0 Å². The third-order valence-corrected chi connectivity index (χ3v) is 5.37. The number of carbonyl (C=O) groups is 1. The molecule has 1 aliphatic heterocycles. The minimum absolute atomic E-state index is 0.227. The number of methoxy groups -OCH3 is 1. The average molecular weight is 393 g/mol. The van der Waals surface area contributed by atoms with Crippen molar-refractivity contribution in [3.05, 3.63) is 24.7 Å². The number of fused-ring (bicyclic) bond motifs is 1. The van der Waals surface area contributed by atoms with Crippen LogP contribution in [0.5, 0.6) is 5.88 Å². The third kappa shape index (κ3) is 3.59. The van der Waals surface area contributed by atoms with Crippen molar-refractivity contribution in [2.24, 2.45) is 0 Å². The zero-order valence-electron chi connectivity index (χ0n) is 16.3. The molecule has 1 N–H and O–H groups in total. The Bertz CT molecular complexity index is 1040. The molecule has 0 spiro atoms. The first-order valence-corrected chi connectivity index (χ1v) is 9.99. The minimum atomic E-state index is 0.227. The molecular weight excluding hydrogens is 370 g/mol. The van der Waals surface area contributed by atoms with Gasteiger partial charge in [0.1, 0.15) is 5.52 Å². The van der Waals surface area contributed by atoms with Gasteiger partial charge in [0.15, 0.2) is 17.3 Å². The second-order valence-electron chi connectivity index (χ2n) is 7.50. The molecule has 3 aromatic heterocycles. The Kier molecular flexibility index (Phi) is 4.49. The number of nitrogens with zero attached hydrogens (tertiary/aromatic N) is 6. The van der Waals surface area contributed by atoms with Crippen molar-refractivity contribution in [1.82, 2.24) is 29.4 Å². The van der Waals surface area contributed by atoms with Crippen LogP contribution in [0, 0.1) is 0 Å². The highest BCUT2D eigenvalue weighted by Crippen LogP contribution is 2.29. The van der Waals surface area contributed by atoms with Crippen LogP contribution in [0.1, 0.15) is 25.7 Å². The van der Waals surface area contributed by atoms with E-state index in [0.717, 1.165) is 48.4 Å². The number of rotatable bonds is 7. The lowest BCUT2D eigenvalue weighted by Crippen LogP contribution is -2.28. The van der Waals surface area contributed by atoms with Gasteiger partial charge in [-0.2, -0.15) is 0 Å². The van der Waals surface area contributed by atoms with Gasteiger partial charge in [0.25, 0.3) is 0 Å². The van der Waals surface area contributed by atoms with E-state index in [0.29, 0.717) is 37.3 Å². The monoisotopic (exact) mass is 393 g/mol. The first-order chi connectivity index (χ1) is 14.2. The quantitative estimate of drug-likeness (QED) is 0.656. The lowest BCUT2D eigenvalue weighted by Gasteiger charge is -2.16. The van der Waals surface area contributed by atoms with Gasteiger partial charge < -0.3 is 19.5 Å². The van der Waals surface area contributed by atoms with Crippen molar-refractivity contribution in [2.75, 3.05) is 25.5 Å². The van der Waals surface area contributed by atoms with Gasteiger partial charge in [0.05, 0.1) is 13.4 Å². The Hall–Kier alpha value is -3.23. The Morgan fingerprint density at radius 2 is 2.10 bits per heavy atom. The van der Waals surface area contributed by atoms with Gasteiger partial charge >= 0.3 is 0 Å². The van der Waals surface area contributed by atoms with E-state index in [9.17, 15) is 4.79 Å². The second-order valence-corrected chi connectivity index (χ2v) is 7.50. The van der Waals surface area contributed by atoms with Gasteiger partial charge in [0, 0.05) is 49.9 Å². The maximum atomic E-state index is 11.9. The maximum absolute atomic E-state index is 11.9. The van der Waals surface area contributed by atoms with E-state index < -0.39 is 0 Å². The first-order valence-electron chi connectivity index (χ1n) is 9.99. The van der Waals surface area contributed by atoms with E-state index in [1.165, 1.54) is 0 Å². The van der Waals surface area contributed by atoms with Crippen molar-refractivity contribution in [3.63, 3.8) is 0 Å². The van der Waals surface area contributed by atoms with Crippen molar-refractivity contribution in [3.8, 4) is 17.3 Å². The number of ether oxygens (including phenoxy) is 1. The SMILES string of the molecule is COc1ccc(-c2nc(NC3CC3)c3ncn(CCN4CCCC4=O)c3n2)cn1. The fourth-order valence-electron chi connectivity index (χ4n) is 3.56. The molecule has 1 saturated heterocycles. The molecule has 0 aromatic carbocycles. The molecule has 9 heteroatoms. The fourth-order valence-corrected chi connectivity index (χ4v) is 3.56. The molecule has 0 radical (unpaired) electrons. The van der Waals surface area contributed by atoms with E-state index >= 15 is 0 Å². The Morgan fingerprint density at radius 3 is 2.79 bits per heavy atom. The zero-order chi connectivity index (χ0) is 19.8. The summed E-state index contributed by atoms with van der Waals surface area (Å²) in [7, 11) is 1.59. The molecule has 2 fully saturated rings. The molecule has 9 nitrogen and oxygen atoms in total. The van der Waals surface area contributed by atoms with Crippen LogP contribution in [0.4, 0.5) is 5.82 Å². The Morgan fingerprint density at radius 1 is 1.21 bits per heavy atom. The highest BCUT2D eigenvalue weighted by Gasteiger charge is 2.25. The molecule has 5 rings (SSSR count). The van der Waals surface area contributed by atoms with Crippen LogP contribution in [0.2, 0.25) is 0 Å². The average Bonchev–Trinajstić information content (AvgIpc) is 3.32. The molecule has 2 aliphatic rings. The van der Waals surface area contributed by atoms with E-state index in [2.05, 4.69) is 15.3 Å². The predicted octanol–water partition coefficient (Wildman–Crippen LogP) is 2.09. The number of likely N-dealkylation sites (tertiary alicyclic amines) is 1. The number of carbonyl (C=O) groups excluding carboxylic acids is 1. The van der Waals surface area contributed by atoms with Crippen LogP contribution in [-0.2, 0) is 11.3 Å². The predicted molar refractivity (Wildman–Crippen MR) is 108 cm³/mol. The number of hydrogen-bond donors (Lipinski definition) is 1. The Labute approximate surface area is 168 Å². The summed E-state index contributed by atoms with van der Waals surface area (Å²) in [6.07, 6.45) is 7.37. The number of hydrogen-bond acceptors (Lipinski definition) is 7. The van der Waals surface area contributed by atoms with Gasteiger partial charge in [-0.3, -0.25) is 4.79 Å². The highest BCUT2D eigenvalue weighted by atomic mass is 16.5. The number of imidazole rings is 1. The van der Waals surface area contributed by atoms with Gasteiger partial charge in [-0.05, 0) is 25.3 Å². The first kappa shape index (κ1) is 17.8. The number of aromatic nitrogens is 5. The molecule has 150 valence electrons. The topological polar surface area (TPSA) is 98.1 Å². The summed E-state index contributed by atoms with van der Waals surface area (Å²) in [4.78, 5) is 32.2. The maximum Gasteiger partial charge on any atom is 0.222 e. The summed E-state index contributed by atoms with van der Waals surface area (Å²) in [6.45, 7) is 2.15. The van der Waals surface area contributed by atoms with Crippen LogP contribution in [0.25, 0.3) is 22.6 Å². The molecule has 1 saturated carbocycles. The number of anilines is 1. The Balaban J connectivity index is 1.50. The summed E-state index contributed by atoms with van der Waals surface area (Å²) < 4.78 is 7.15. The normalized spacial score (nSPS) is 16.6. The number of amides is 1. The van der Waals surface area contributed by atoms with E-state index in [4.69, 9.17) is 14.7 Å². The molecule has 0 bridgehead atoms. The van der Waals surface area contributed by atoms with Crippen molar-refractivity contribution >= 4 is 22.9 Å². The standard InChI is InChI=1S/C20H23N7O2/c1-29-15-7-4-13(11-21-15)18-24-19(23-14-5-6-14)17-20(25-18)27(12-22-17)10-9-26-8-2-3-16(26)28/h4,7,11-12,14H,2-3,5-6,8-10H2,1H3,(H,23,24,25). The van der Waals surface area contributed by atoms with Crippen LogP contribution >= 0.6 is 0 Å². The third-order valence-electron chi connectivity index (χ3n) is 5.37. The van der Waals surface area contributed by atoms with Gasteiger partial charge in [-0.25, -0.2) is 19.9 Å². The van der Waals surface area contributed by atoms with E-state index in [1.54, 1.807) is 25.7 Å².